The molecule has 124 valence electrons. The van der Waals surface area contributed by atoms with Gasteiger partial charge in [-0.1, -0.05) is 6.07 Å². The monoisotopic (exact) mass is 334 g/mol. The number of pyridine rings is 1. The molecule has 0 saturated heterocycles. The summed E-state index contributed by atoms with van der Waals surface area (Å²) >= 11 is 0. The second-order valence-corrected chi connectivity index (χ2v) is 7.81. The largest absolute Gasteiger partial charge is 0.267 e. The number of aromatic nitrogens is 3. The van der Waals surface area contributed by atoms with Gasteiger partial charge in [-0.2, -0.15) is 5.10 Å². The van der Waals surface area contributed by atoms with E-state index in [1.807, 2.05) is 22.9 Å². The zero-order chi connectivity index (χ0) is 16.3. The molecule has 0 spiro atoms. The maximum atomic E-state index is 11.6. The van der Waals surface area contributed by atoms with Crippen LogP contribution in [0, 0.1) is 0 Å². The first-order valence-electron chi connectivity index (χ1n) is 8.08. The van der Waals surface area contributed by atoms with Crippen LogP contribution >= 0.6 is 0 Å². The second-order valence-electron chi connectivity index (χ2n) is 5.72. The van der Waals surface area contributed by atoms with Gasteiger partial charge in [-0.3, -0.25) is 9.67 Å². The highest BCUT2D eigenvalue weighted by molar-refractivity contribution is 7.89. The third-order valence-electron chi connectivity index (χ3n) is 4.19. The molecule has 2 aromatic heterocycles. The number of nitrogens with zero attached hydrogens (tertiary/aromatic N) is 3. The molecule has 0 unspecified atom stereocenters. The van der Waals surface area contributed by atoms with E-state index in [1.54, 1.807) is 13.1 Å². The van der Waals surface area contributed by atoms with Gasteiger partial charge in [0.1, 0.15) is 5.69 Å². The van der Waals surface area contributed by atoms with E-state index in [-0.39, 0.29) is 5.75 Å². The first kappa shape index (κ1) is 16.1. The summed E-state index contributed by atoms with van der Waals surface area (Å²) < 4.78 is 27.7. The number of sulfonamides is 1. The van der Waals surface area contributed by atoms with Crippen molar-refractivity contribution in [2.24, 2.45) is 0 Å². The molecule has 6 nitrogen and oxygen atoms in total. The minimum absolute atomic E-state index is 0.101. The first-order valence-corrected chi connectivity index (χ1v) is 9.73. The predicted octanol–water partition coefficient (Wildman–Crippen LogP) is 1.76. The third kappa shape index (κ3) is 3.61. The van der Waals surface area contributed by atoms with Gasteiger partial charge in [-0.15, -0.1) is 0 Å². The van der Waals surface area contributed by atoms with Gasteiger partial charge in [-0.25, -0.2) is 13.1 Å². The van der Waals surface area contributed by atoms with Crippen molar-refractivity contribution in [3.8, 4) is 11.4 Å². The van der Waals surface area contributed by atoms with Crippen LogP contribution in [-0.4, -0.2) is 35.5 Å². The van der Waals surface area contributed by atoms with Crippen LogP contribution in [0.25, 0.3) is 11.4 Å². The number of nitrogens with one attached hydrogen (secondary N) is 1. The standard InChI is InChI=1S/C16H22N4O2S/c1-2-23(21,22)18-11-12-20-15-9-4-3-7-13(15)16(19-20)14-8-5-6-10-17-14/h5-6,8,10,18H,2-4,7,9,11-12H2,1H3. The van der Waals surface area contributed by atoms with Crippen LogP contribution < -0.4 is 4.72 Å². The summed E-state index contributed by atoms with van der Waals surface area (Å²) in [4.78, 5) is 4.42. The maximum Gasteiger partial charge on any atom is 0.211 e. The number of hydrogen-bond donors (Lipinski definition) is 1. The highest BCUT2D eigenvalue weighted by atomic mass is 32.2. The zero-order valence-electron chi connectivity index (χ0n) is 13.3. The van der Waals surface area contributed by atoms with Gasteiger partial charge in [-0.05, 0) is 44.7 Å². The Kier molecular flexibility index (Phi) is 4.77. The summed E-state index contributed by atoms with van der Waals surface area (Å²) in [6.07, 6.45) is 6.11. The Morgan fingerprint density at radius 2 is 2.09 bits per heavy atom. The van der Waals surface area contributed by atoms with E-state index in [9.17, 15) is 8.42 Å². The molecule has 0 saturated carbocycles. The van der Waals surface area contributed by atoms with Gasteiger partial charge in [0.05, 0.1) is 18.0 Å². The molecule has 2 heterocycles. The van der Waals surface area contributed by atoms with Crippen LogP contribution in [0.15, 0.2) is 24.4 Å². The van der Waals surface area contributed by atoms with Crippen LogP contribution in [0.2, 0.25) is 0 Å². The van der Waals surface area contributed by atoms with Gasteiger partial charge >= 0.3 is 0 Å². The quantitative estimate of drug-likeness (QED) is 0.873. The Bertz CT molecular complexity index is 769. The normalized spacial score (nSPS) is 14.7. The lowest BCUT2D eigenvalue weighted by Gasteiger charge is -2.14. The molecule has 0 bridgehead atoms. The maximum absolute atomic E-state index is 11.6. The van der Waals surface area contributed by atoms with Crippen LogP contribution in [-0.2, 0) is 29.4 Å². The molecule has 0 radical (unpaired) electrons. The molecule has 2 aromatic rings. The summed E-state index contributed by atoms with van der Waals surface area (Å²) in [5.74, 6) is 0.101. The van der Waals surface area contributed by atoms with E-state index in [4.69, 9.17) is 5.10 Å². The van der Waals surface area contributed by atoms with Crippen molar-refractivity contribution in [3.63, 3.8) is 0 Å². The van der Waals surface area contributed by atoms with Gasteiger partial charge in [0.2, 0.25) is 10.0 Å². The lowest BCUT2D eigenvalue weighted by atomic mass is 9.95. The molecule has 7 heteroatoms. The van der Waals surface area contributed by atoms with Crippen molar-refractivity contribution < 1.29 is 8.42 Å². The average molecular weight is 334 g/mol. The van der Waals surface area contributed by atoms with Crippen molar-refractivity contribution >= 4 is 10.0 Å². The number of hydrogen-bond acceptors (Lipinski definition) is 4. The highest BCUT2D eigenvalue weighted by Crippen LogP contribution is 2.30. The zero-order valence-corrected chi connectivity index (χ0v) is 14.1. The SMILES string of the molecule is CCS(=O)(=O)NCCn1nc(-c2ccccn2)c2c1CCCC2. The molecule has 3 rings (SSSR count). The molecule has 1 aliphatic carbocycles. The van der Waals surface area contributed by atoms with Crippen LogP contribution in [0.5, 0.6) is 0 Å². The smallest absolute Gasteiger partial charge is 0.211 e. The molecule has 0 atom stereocenters. The lowest BCUT2D eigenvalue weighted by Crippen LogP contribution is -2.29. The Balaban J connectivity index is 1.85. The summed E-state index contributed by atoms with van der Waals surface area (Å²) in [5.41, 5.74) is 4.33. The molecule has 23 heavy (non-hydrogen) atoms. The molecule has 0 aliphatic heterocycles. The van der Waals surface area contributed by atoms with E-state index in [1.165, 1.54) is 17.7 Å². The third-order valence-corrected chi connectivity index (χ3v) is 5.59. The molecule has 1 aliphatic rings. The molecule has 0 amide bonds. The van der Waals surface area contributed by atoms with Crippen LogP contribution in [0.4, 0.5) is 0 Å². The molecule has 1 N–H and O–H groups in total. The van der Waals surface area contributed by atoms with Crippen LogP contribution in [0.1, 0.15) is 31.0 Å². The Morgan fingerprint density at radius 3 is 2.83 bits per heavy atom. The van der Waals surface area contributed by atoms with Gasteiger partial charge in [0, 0.05) is 24.0 Å². The fourth-order valence-electron chi connectivity index (χ4n) is 2.97. The van der Waals surface area contributed by atoms with Crippen molar-refractivity contribution in [1.29, 1.82) is 0 Å². The van der Waals surface area contributed by atoms with Crippen molar-refractivity contribution in [2.45, 2.75) is 39.2 Å². The fourth-order valence-corrected chi connectivity index (χ4v) is 3.58. The number of fused-ring (bicyclic) bond motifs is 1. The number of rotatable bonds is 6. The minimum atomic E-state index is -3.16. The van der Waals surface area contributed by atoms with E-state index < -0.39 is 10.0 Å². The van der Waals surface area contributed by atoms with Crippen LogP contribution in [0.3, 0.4) is 0 Å². The van der Waals surface area contributed by atoms with Gasteiger partial charge < -0.3 is 0 Å². The van der Waals surface area contributed by atoms with E-state index in [0.29, 0.717) is 13.1 Å². The Hall–Kier alpha value is -1.73. The fraction of sp³-hybridized carbons (Fsp3) is 0.500. The van der Waals surface area contributed by atoms with Gasteiger partial charge in [0.15, 0.2) is 0 Å². The first-order chi connectivity index (χ1) is 11.1. The summed E-state index contributed by atoms with van der Waals surface area (Å²) in [7, 11) is -3.16. The second kappa shape index (κ2) is 6.80. The Labute approximate surface area is 137 Å². The van der Waals surface area contributed by atoms with Crippen molar-refractivity contribution in [1.82, 2.24) is 19.5 Å². The van der Waals surface area contributed by atoms with Crippen molar-refractivity contribution in [2.75, 3.05) is 12.3 Å². The Morgan fingerprint density at radius 1 is 1.26 bits per heavy atom. The minimum Gasteiger partial charge on any atom is -0.267 e. The average Bonchev–Trinajstić information content (AvgIpc) is 2.95. The predicted molar refractivity (Wildman–Crippen MR) is 89.6 cm³/mol. The molecular weight excluding hydrogens is 312 g/mol. The summed E-state index contributed by atoms with van der Waals surface area (Å²) in [6.45, 7) is 2.55. The molecule has 0 aromatic carbocycles. The summed E-state index contributed by atoms with van der Waals surface area (Å²) in [5, 5.41) is 4.73. The summed E-state index contributed by atoms with van der Waals surface area (Å²) in [6, 6.07) is 5.83. The molecular formula is C16H22N4O2S. The van der Waals surface area contributed by atoms with Crippen molar-refractivity contribution in [3.05, 3.63) is 35.7 Å². The van der Waals surface area contributed by atoms with E-state index in [0.717, 1.165) is 30.7 Å². The highest BCUT2D eigenvalue weighted by Gasteiger charge is 2.22. The topological polar surface area (TPSA) is 76.9 Å². The van der Waals surface area contributed by atoms with E-state index >= 15 is 0 Å². The van der Waals surface area contributed by atoms with E-state index in [2.05, 4.69) is 9.71 Å². The van der Waals surface area contributed by atoms with Gasteiger partial charge in [0.25, 0.3) is 0 Å². The lowest BCUT2D eigenvalue weighted by molar-refractivity contribution is 0.539. The molecule has 0 fully saturated rings.